The van der Waals surface area contributed by atoms with Crippen molar-refractivity contribution >= 4 is 17.8 Å². The summed E-state index contributed by atoms with van der Waals surface area (Å²) in [4.78, 5) is 40.8. The topological polar surface area (TPSA) is 78.5 Å². The number of carbonyl (C=O) groups is 3. The largest absolute Gasteiger partial charge is 0.344 e. The highest BCUT2D eigenvalue weighted by Gasteiger charge is 2.54. The van der Waals surface area contributed by atoms with E-state index in [9.17, 15) is 14.4 Å². The van der Waals surface area contributed by atoms with Gasteiger partial charge in [-0.2, -0.15) is 0 Å². The Morgan fingerprint density at radius 2 is 1.71 bits per heavy atom. The standard InChI is InChI=1S/C29H29N3O3/c1-19-14-15-23(17-20(19)2)26(22-10-4-3-5-11-22)30-25(33)18-32-27(34)29(31-28(32)35)16-8-12-21-9-6-7-13-24(21)29/h3-7,9-11,13-15,17,26H,8,12,16,18H2,1-2H3,(H,30,33)(H,31,35)/t26-,29+/m1/s1. The molecule has 2 aliphatic rings. The number of amides is 4. The van der Waals surface area contributed by atoms with Crippen molar-refractivity contribution in [2.24, 2.45) is 0 Å². The van der Waals surface area contributed by atoms with Gasteiger partial charge in [0.1, 0.15) is 12.1 Å². The fourth-order valence-electron chi connectivity index (χ4n) is 5.25. The fraction of sp³-hybridized carbons (Fsp3) is 0.276. The van der Waals surface area contributed by atoms with Gasteiger partial charge in [-0.25, -0.2) is 4.79 Å². The van der Waals surface area contributed by atoms with Gasteiger partial charge in [0.2, 0.25) is 5.91 Å². The highest BCUT2D eigenvalue weighted by molar-refractivity contribution is 6.09. The Balaban J connectivity index is 1.39. The summed E-state index contributed by atoms with van der Waals surface area (Å²) >= 11 is 0. The normalized spacial score (nSPS) is 19.9. The van der Waals surface area contributed by atoms with Crippen LogP contribution in [0.3, 0.4) is 0 Å². The molecular formula is C29H29N3O3. The molecule has 0 radical (unpaired) electrons. The van der Waals surface area contributed by atoms with Crippen molar-refractivity contribution in [3.05, 3.63) is 106 Å². The van der Waals surface area contributed by atoms with E-state index in [2.05, 4.69) is 16.7 Å². The molecule has 0 saturated carbocycles. The van der Waals surface area contributed by atoms with Crippen molar-refractivity contribution in [1.29, 1.82) is 0 Å². The molecule has 1 fully saturated rings. The first kappa shape index (κ1) is 22.8. The van der Waals surface area contributed by atoms with Gasteiger partial charge in [-0.05, 0) is 66.5 Å². The van der Waals surface area contributed by atoms with E-state index in [-0.39, 0.29) is 18.4 Å². The van der Waals surface area contributed by atoms with Crippen LogP contribution >= 0.6 is 0 Å². The summed E-state index contributed by atoms with van der Waals surface area (Å²) in [5.41, 5.74) is 5.00. The first-order valence-corrected chi connectivity index (χ1v) is 12.0. The number of imide groups is 1. The van der Waals surface area contributed by atoms with Gasteiger partial charge in [0, 0.05) is 0 Å². The van der Waals surface area contributed by atoms with Crippen LogP contribution in [0.1, 0.15) is 52.3 Å². The lowest BCUT2D eigenvalue weighted by Crippen LogP contribution is -2.47. The monoisotopic (exact) mass is 467 g/mol. The Labute approximate surface area is 205 Å². The number of carbonyl (C=O) groups excluding carboxylic acids is 3. The Kier molecular flexibility index (Phi) is 5.89. The lowest BCUT2D eigenvalue weighted by Gasteiger charge is -2.33. The smallest absolute Gasteiger partial charge is 0.325 e. The molecule has 178 valence electrons. The van der Waals surface area contributed by atoms with Crippen LogP contribution in [0.25, 0.3) is 0 Å². The van der Waals surface area contributed by atoms with Gasteiger partial charge in [-0.15, -0.1) is 0 Å². The first-order chi connectivity index (χ1) is 16.9. The van der Waals surface area contributed by atoms with E-state index in [0.29, 0.717) is 6.42 Å². The molecule has 4 amide bonds. The van der Waals surface area contributed by atoms with Gasteiger partial charge in [-0.3, -0.25) is 14.5 Å². The second kappa shape index (κ2) is 9.02. The van der Waals surface area contributed by atoms with Crippen LogP contribution in [0.4, 0.5) is 4.79 Å². The molecule has 3 aromatic rings. The molecule has 1 spiro atoms. The van der Waals surface area contributed by atoms with Gasteiger partial charge in [0.05, 0.1) is 6.04 Å². The summed E-state index contributed by atoms with van der Waals surface area (Å²) in [6.45, 7) is 3.76. The molecule has 1 aliphatic carbocycles. The van der Waals surface area contributed by atoms with Crippen LogP contribution in [0.2, 0.25) is 0 Å². The average Bonchev–Trinajstić information content (AvgIpc) is 3.09. The van der Waals surface area contributed by atoms with E-state index in [0.717, 1.165) is 45.6 Å². The SMILES string of the molecule is Cc1ccc([C@H](NC(=O)CN2C(=O)N[C@]3(CCCc4ccccc43)C2=O)c2ccccc2)cc1C. The van der Waals surface area contributed by atoms with E-state index in [1.165, 1.54) is 5.56 Å². The molecule has 6 nitrogen and oxygen atoms in total. The van der Waals surface area contributed by atoms with Crippen LogP contribution in [-0.2, 0) is 21.5 Å². The van der Waals surface area contributed by atoms with Crippen LogP contribution in [0.5, 0.6) is 0 Å². The van der Waals surface area contributed by atoms with E-state index in [1.54, 1.807) is 0 Å². The van der Waals surface area contributed by atoms with E-state index >= 15 is 0 Å². The summed E-state index contributed by atoms with van der Waals surface area (Å²) in [7, 11) is 0. The number of fused-ring (bicyclic) bond motifs is 2. The minimum absolute atomic E-state index is 0.331. The molecule has 5 rings (SSSR count). The van der Waals surface area contributed by atoms with E-state index in [4.69, 9.17) is 0 Å². The van der Waals surface area contributed by atoms with Crippen molar-refractivity contribution in [3.8, 4) is 0 Å². The quantitative estimate of drug-likeness (QED) is 0.550. The summed E-state index contributed by atoms with van der Waals surface area (Å²) in [6, 6.07) is 22.6. The molecule has 1 aliphatic heterocycles. The van der Waals surface area contributed by atoms with Crippen molar-refractivity contribution < 1.29 is 14.4 Å². The second-order valence-electron chi connectivity index (χ2n) is 9.49. The number of rotatable bonds is 5. The van der Waals surface area contributed by atoms with Crippen LogP contribution in [0.15, 0.2) is 72.8 Å². The number of benzene rings is 3. The predicted molar refractivity (Wildman–Crippen MR) is 134 cm³/mol. The Hall–Kier alpha value is -3.93. The van der Waals surface area contributed by atoms with Crippen molar-refractivity contribution in [3.63, 3.8) is 0 Å². The highest BCUT2D eigenvalue weighted by atomic mass is 16.2. The Bertz CT molecular complexity index is 1300. The zero-order valence-corrected chi connectivity index (χ0v) is 20.0. The van der Waals surface area contributed by atoms with E-state index in [1.807, 2.05) is 80.6 Å². The molecular weight excluding hydrogens is 438 g/mol. The minimum Gasteiger partial charge on any atom is -0.344 e. The molecule has 6 heteroatoms. The second-order valence-corrected chi connectivity index (χ2v) is 9.49. The van der Waals surface area contributed by atoms with E-state index < -0.39 is 17.6 Å². The number of hydrogen-bond acceptors (Lipinski definition) is 3. The van der Waals surface area contributed by atoms with Crippen molar-refractivity contribution in [2.75, 3.05) is 6.54 Å². The average molecular weight is 468 g/mol. The number of hydrogen-bond donors (Lipinski definition) is 2. The molecule has 2 N–H and O–H groups in total. The summed E-state index contributed by atoms with van der Waals surface area (Å²) in [5, 5.41) is 5.98. The van der Waals surface area contributed by atoms with Gasteiger partial charge in [0.15, 0.2) is 0 Å². The first-order valence-electron chi connectivity index (χ1n) is 12.0. The molecule has 3 aromatic carbocycles. The van der Waals surface area contributed by atoms with Crippen molar-refractivity contribution in [2.45, 2.75) is 44.7 Å². The number of aryl methyl sites for hydroxylation is 3. The third-order valence-electron chi connectivity index (χ3n) is 7.26. The Morgan fingerprint density at radius 1 is 0.971 bits per heavy atom. The lowest BCUT2D eigenvalue weighted by molar-refractivity contribution is -0.135. The summed E-state index contributed by atoms with van der Waals surface area (Å²) in [6.07, 6.45) is 2.20. The molecule has 1 heterocycles. The summed E-state index contributed by atoms with van der Waals surface area (Å²) < 4.78 is 0. The number of nitrogens with one attached hydrogen (secondary N) is 2. The van der Waals surface area contributed by atoms with Gasteiger partial charge < -0.3 is 10.6 Å². The molecule has 35 heavy (non-hydrogen) atoms. The van der Waals surface area contributed by atoms with Crippen molar-refractivity contribution in [1.82, 2.24) is 15.5 Å². The van der Waals surface area contributed by atoms with Gasteiger partial charge in [0.25, 0.3) is 5.91 Å². The molecule has 2 atom stereocenters. The predicted octanol–water partition coefficient (Wildman–Crippen LogP) is 4.29. The maximum absolute atomic E-state index is 13.6. The molecule has 0 bridgehead atoms. The minimum atomic E-state index is -1.08. The maximum atomic E-state index is 13.6. The Morgan fingerprint density at radius 3 is 2.49 bits per heavy atom. The third-order valence-corrected chi connectivity index (χ3v) is 7.26. The molecule has 0 unspecified atom stereocenters. The maximum Gasteiger partial charge on any atom is 0.325 e. The zero-order valence-electron chi connectivity index (χ0n) is 20.0. The molecule has 0 aromatic heterocycles. The van der Waals surface area contributed by atoms with Crippen LogP contribution < -0.4 is 10.6 Å². The highest BCUT2D eigenvalue weighted by Crippen LogP contribution is 2.39. The lowest BCUT2D eigenvalue weighted by atomic mass is 9.76. The molecule has 1 saturated heterocycles. The van der Waals surface area contributed by atoms with Gasteiger partial charge >= 0.3 is 6.03 Å². The summed E-state index contributed by atoms with van der Waals surface area (Å²) in [5.74, 6) is -0.742. The zero-order chi connectivity index (χ0) is 24.6. The van der Waals surface area contributed by atoms with Crippen LogP contribution in [-0.4, -0.2) is 29.3 Å². The number of nitrogens with zero attached hydrogens (tertiary/aromatic N) is 1. The third kappa shape index (κ3) is 4.09. The van der Waals surface area contributed by atoms with Crippen LogP contribution in [0, 0.1) is 13.8 Å². The fourth-order valence-corrected chi connectivity index (χ4v) is 5.25. The van der Waals surface area contributed by atoms with Gasteiger partial charge in [-0.1, -0.05) is 72.8 Å². The number of urea groups is 1.